The number of benzene rings is 1. The number of aromatic nitrogens is 4. The van der Waals surface area contributed by atoms with Gasteiger partial charge in [-0.05, 0) is 18.2 Å². The summed E-state index contributed by atoms with van der Waals surface area (Å²) in [5.74, 6) is 0.703. The third-order valence-corrected chi connectivity index (χ3v) is 6.10. The Hall–Kier alpha value is -4.00. The lowest BCUT2D eigenvalue weighted by molar-refractivity contribution is 0.171. The molecule has 0 bridgehead atoms. The van der Waals surface area contributed by atoms with Crippen molar-refractivity contribution in [3.05, 3.63) is 42.4 Å². The number of pyridine rings is 1. The van der Waals surface area contributed by atoms with E-state index in [1.807, 2.05) is 0 Å². The van der Waals surface area contributed by atoms with E-state index in [-0.39, 0.29) is 40.3 Å². The van der Waals surface area contributed by atoms with Crippen LogP contribution in [-0.4, -0.2) is 49.4 Å². The molecule has 1 aromatic carbocycles. The first kappa shape index (κ1) is 19.9. The van der Waals surface area contributed by atoms with Gasteiger partial charge in [-0.15, -0.1) is 0 Å². The third kappa shape index (κ3) is 3.32. The van der Waals surface area contributed by atoms with E-state index in [2.05, 4.69) is 20.0 Å². The van der Waals surface area contributed by atoms with Gasteiger partial charge in [0.05, 0.1) is 26.5 Å². The van der Waals surface area contributed by atoms with E-state index in [0.29, 0.717) is 23.6 Å². The third-order valence-electron chi connectivity index (χ3n) is 4.73. The average molecular weight is 459 g/mol. The van der Waals surface area contributed by atoms with Gasteiger partial charge < -0.3 is 23.5 Å². The summed E-state index contributed by atoms with van der Waals surface area (Å²) in [6.45, 7) is 0.343. The number of rotatable bonds is 7. The van der Waals surface area contributed by atoms with Crippen molar-refractivity contribution in [1.82, 2.24) is 19.9 Å². The number of methoxy groups -OCH3 is 2. The number of ether oxygens (including phenoxy) is 4. The highest BCUT2D eigenvalue weighted by Gasteiger charge is 2.30. The first-order chi connectivity index (χ1) is 15.5. The normalized spacial score (nSPS) is 12.8. The zero-order chi connectivity index (χ0) is 22.3. The van der Waals surface area contributed by atoms with E-state index in [9.17, 15) is 8.42 Å². The van der Waals surface area contributed by atoms with Gasteiger partial charge in [-0.25, -0.2) is 13.4 Å². The lowest BCUT2D eigenvalue weighted by atomic mass is 10.2. The highest BCUT2D eigenvalue weighted by Crippen LogP contribution is 2.45. The summed E-state index contributed by atoms with van der Waals surface area (Å²) in [5, 5.41) is 8.30. The zero-order valence-corrected chi connectivity index (χ0v) is 17.7. The maximum absolute atomic E-state index is 13.2. The van der Waals surface area contributed by atoms with Gasteiger partial charge in [0.15, 0.2) is 22.9 Å². The van der Waals surface area contributed by atoms with E-state index in [0.717, 1.165) is 0 Å². The first-order valence-corrected chi connectivity index (χ1v) is 10.8. The molecule has 0 fully saturated rings. The molecule has 1 aliphatic heterocycles. The minimum atomic E-state index is -4.15. The highest BCUT2D eigenvalue weighted by atomic mass is 32.2. The minimum Gasteiger partial charge on any atom is -0.491 e. The molecule has 0 radical (unpaired) electrons. The lowest BCUT2D eigenvalue weighted by Gasteiger charge is -2.12. The van der Waals surface area contributed by atoms with Crippen LogP contribution in [0.15, 0.2) is 46.1 Å². The molecule has 166 valence electrons. The summed E-state index contributed by atoms with van der Waals surface area (Å²) in [5.41, 5.74) is 0.899. The van der Waals surface area contributed by atoms with Crippen LogP contribution in [0.3, 0.4) is 0 Å². The molecule has 5 rings (SSSR count). The van der Waals surface area contributed by atoms with E-state index in [1.54, 1.807) is 29.2 Å². The van der Waals surface area contributed by atoms with Gasteiger partial charge in [0.25, 0.3) is 10.0 Å². The Kier molecular flexibility index (Phi) is 4.74. The predicted molar refractivity (Wildman–Crippen MR) is 110 cm³/mol. The minimum absolute atomic E-state index is 0.0203. The number of hydrogen-bond donors (Lipinski definition) is 1. The van der Waals surface area contributed by atoms with Crippen molar-refractivity contribution in [2.45, 2.75) is 11.4 Å². The lowest BCUT2D eigenvalue weighted by Crippen LogP contribution is -2.15. The van der Waals surface area contributed by atoms with E-state index in [4.69, 9.17) is 23.5 Å². The largest absolute Gasteiger partial charge is 0.491 e. The predicted octanol–water partition coefficient (Wildman–Crippen LogP) is 2.01. The molecule has 12 nitrogen and oxygen atoms in total. The highest BCUT2D eigenvalue weighted by molar-refractivity contribution is 7.92. The number of nitrogens with one attached hydrogen (secondary N) is 1. The van der Waals surface area contributed by atoms with Crippen LogP contribution in [0.5, 0.6) is 23.1 Å². The maximum Gasteiger partial charge on any atom is 0.267 e. The van der Waals surface area contributed by atoms with Crippen LogP contribution >= 0.6 is 0 Å². The Labute approximate surface area is 181 Å². The van der Waals surface area contributed by atoms with Crippen LogP contribution in [0, 0.1) is 0 Å². The second-order valence-electron chi connectivity index (χ2n) is 6.67. The monoisotopic (exact) mass is 459 g/mol. The molecule has 1 N–H and O–H groups in total. The van der Waals surface area contributed by atoms with Crippen molar-refractivity contribution < 1.29 is 31.9 Å². The summed E-state index contributed by atoms with van der Waals surface area (Å²) < 4.78 is 57.0. The molecule has 0 atom stereocenters. The molecule has 13 heteroatoms. The van der Waals surface area contributed by atoms with Crippen molar-refractivity contribution in [3.63, 3.8) is 0 Å². The van der Waals surface area contributed by atoms with Crippen molar-refractivity contribution >= 4 is 26.8 Å². The summed E-state index contributed by atoms with van der Waals surface area (Å²) in [4.78, 5) is 4.28. The van der Waals surface area contributed by atoms with Gasteiger partial charge in [-0.3, -0.25) is 9.40 Å². The number of hydrogen-bond acceptors (Lipinski definition) is 10. The van der Waals surface area contributed by atoms with E-state index in [1.165, 1.54) is 26.4 Å². The zero-order valence-electron chi connectivity index (χ0n) is 16.9. The smallest absolute Gasteiger partial charge is 0.267 e. The van der Waals surface area contributed by atoms with Crippen LogP contribution in [0.4, 0.5) is 5.82 Å². The Balaban J connectivity index is 1.53. The molecule has 1 aliphatic rings. The molecule has 4 heterocycles. The van der Waals surface area contributed by atoms with Crippen LogP contribution in [0.1, 0.15) is 5.69 Å². The average Bonchev–Trinajstić information content (AvgIpc) is 3.53. The van der Waals surface area contributed by atoms with Gasteiger partial charge in [0.2, 0.25) is 18.4 Å². The van der Waals surface area contributed by atoms with Crippen LogP contribution in [0.2, 0.25) is 0 Å². The summed E-state index contributed by atoms with van der Waals surface area (Å²) >= 11 is 0. The Morgan fingerprint density at radius 1 is 1.22 bits per heavy atom. The quantitative estimate of drug-likeness (QED) is 0.436. The van der Waals surface area contributed by atoms with Crippen molar-refractivity contribution in [3.8, 4) is 23.1 Å². The first-order valence-electron chi connectivity index (χ1n) is 9.30. The van der Waals surface area contributed by atoms with E-state index >= 15 is 0 Å². The molecule has 0 saturated heterocycles. The van der Waals surface area contributed by atoms with Crippen LogP contribution in [0.25, 0.3) is 11.0 Å². The molecule has 3 aromatic heterocycles. The van der Waals surface area contributed by atoms with Crippen molar-refractivity contribution in [2.75, 3.05) is 25.7 Å². The maximum atomic E-state index is 13.2. The van der Waals surface area contributed by atoms with E-state index < -0.39 is 10.0 Å². The van der Waals surface area contributed by atoms with Gasteiger partial charge in [-0.1, -0.05) is 5.16 Å². The Morgan fingerprint density at radius 2 is 2.09 bits per heavy atom. The molecule has 0 aliphatic carbocycles. The molecule has 0 spiro atoms. The van der Waals surface area contributed by atoms with Gasteiger partial charge in [-0.2, -0.15) is 5.10 Å². The van der Waals surface area contributed by atoms with Crippen molar-refractivity contribution in [1.29, 1.82) is 0 Å². The van der Waals surface area contributed by atoms with Gasteiger partial charge >= 0.3 is 0 Å². The summed E-state index contributed by atoms with van der Waals surface area (Å²) in [6, 6.07) is 6.28. The SMILES string of the molecule is COc1c(S(=O)(=O)Nc2noc3cc(Cn4cccn4)nc(OC)c23)ccc2c1OCO2. The molecule has 32 heavy (non-hydrogen) atoms. The second-order valence-corrected chi connectivity index (χ2v) is 8.32. The molecular formula is C19H17N5O7S. The number of sulfonamides is 1. The molecule has 4 aromatic rings. The molecular weight excluding hydrogens is 442 g/mol. The Bertz CT molecular complexity index is 1400. The number of anilines is 1. The van der Waals surface area contributed by atoms with Crippen LogP contribution in [-0.2, 0) is 16.6 Å². The fourth-order valence-electron chi connectivity index (χ4n) is 3.35. The van der Waals surface area contributed by atoms with Gasteiger partial charge in [0.1, 0.15) is 10.3 Å². The van der Waals surface area contributed by atoms with Gasteiger partial charge in [0, 0.05) is 18.5 Å². The van der Waals surface area contributed by atoms with Crippen molar-refractivity contribution in [2.24, 2.45) is 0 Å². The summed E-state index contributed by atoms with van der Waals surface area (Å²) in [7, 11) is -1.38. The summed E-state index contributed by atoms with van der Waals surface area (Å²) in [6.07, 6.45) is 3.44. The molecule has 0 amide bonds. The standard InChI is InChI=1S/C19H17N5O7S/c1-27-17-14(5-4-12-16(17)30-10-29-12)32(25,26)23-18-15-13(31-22-18)8-11(21-19(15)28-2)9-24-7-3-6-20-24/h3-8H,9-10H2,1-2H3,(H,22,23). The topological polar surface area (TPSA) is 140 Å². The Morgan fingerprint density at radius 3 is 2.84 bits per heavy atom. The fraction of sp³-hybridized carbons (Fsp3) is 0.211. The second kappa shape index (κ2) is 7.60. The fourth-order valence-corrected chi connectivity index (χ4v) is 4.52. The molecule has 0 saturated carbocycles. The van der Waals surface area contributed by atoms with Crippen LogP contribution < -0.4 is 23.7 Å². The number of nitrogens with zero attached hydrogens (tertiary/aromatic N) is 4. The number of fused-ring (bicyclic) bond motifs is 2. The molecule has 0 unspecified atom stereocenters.